The molecule has 1 aromatic rings. The molecule has 2 N–H and O–H groups in total. The summed E-state index contributed by atoms with van der Waals surface area (Å²) in [5.74, 6) is 0.550. The van der Waals surface area contributed by atoms with Gasteiger partial charge in [-0.3, -0.25) is 0 Å². The summed E-state index contributed by atoms with van der Waals surface area (Å²) in [4.78, 5) is 11.5. The van der Waals surface area contributed by atoms with Crippen LogP contribution in [0.15, 0.2) is 0 Å². The molecular formula is C10H19N5O2. The number of aromatic amines is 1. The topological polar surface area (TPSA) is 92.8 Å². The van der Waals surface area contributed by atoms with E-state index in [0.29, 0.717) is 12.4 Å². The molecule has 0 spiro atoms. The number of ether oxygens (including phenoxy) is 1. The number of carbonyl (C=O) groups is 1. The van der Waals surface area contributed by atoms with Crippen LogP contribution in [-0.4, -0.2) is 38.9 Å². The third-order valence-corrected chi connectivity index (χ3v) is 2.02. The predicted octanol–water partition coefficient (Wildman–Crippen LogP) is 1.00. The standard InChI is InChI=1S/C10H19N5O2/c1-9(2,3)17-8(16)11-6-10(4,5)7-12-14-15-13-7/h6H2,1-5H3,(H,11,16)(H,12,13,14,15). The van der Waals surface area contributed by atoms with Gasteiger partial charge in [0.2, 0.25) is 0 Å². The number of H-pyrrole nitrogens is 1. The molecule has 0 aromatic carbocycles. The number of hydrogen-bond acceptors (Lipinski definition) is 5. The zero-order chi connectivity index (χ0) is 13.1. The zero-order valence-electron chi connectivity index (χ0n) is 10.9. The monoisotopic (exact) mass is 241 g/mol. The van der Waals surface area contributed by atoms with E-state index in [1.807, 2.05) is 34.6 Å². The van der Waals surface area contributed by atoms with Gasteiger partial charge in [0.05, 0.1) is 0 Å². The Balaban J connectivity index is 2.48. The average molecular weight is 241 g/mol. The number of rotatable bonds is 3. The van der Waals surface area contributed by atoms with E-state index in [1.54, 1.807) is 0 Å². The maximum Gasteiger partial charge on any atom is 0.407 e. The molecule has 0 radical (unpaired) electrons. The number of hydrogen-bond donors (Lipinski definition) is 2. The highest BCUT2D eigenvalue weighted by Crippen LogP contribution is 2.16. The van der Waals surface area contributed by atoms with Crippen molar-refractivity contribution in [3.8, 4) is 0 Å². The van der Waals surface area contributed by atoms with E-state index in [4.69, 9.17) is 4.74 Å². The summed E-state index contributed by atoms with van der Waals surface area (Å²) in [6.45, 7) is 9.65. The molecule has 0 saturated carbocycles. The van der Waals surface area contributed by atoms with E-state index < -0.39 is 17.1 Å². The van der Waals surface area contributed by atoms with Gasteiger partial charge in [0.1, 0.15) is 5.60 Å². The van der Waals surface area contributed by atoms with Gasteiger partial charge in [0.15, 0.2) is 5.82 Å². The van der Waals surface area contributed by atoms with Crippen LogP contribution in [0.25, 0.3) is 0 Å². The van der Waals surface area contributed by atoms with Crippen molar-refractivity contribution in [1.82, 2.24) is 25.9 Å². The van der Waals surface area contributed by atoms with Crippen LogP contribution in [0.5, 0.6) is 0 Å². The molecule has 1 heterocycles. The molecule has 0 aliphatic rings. The highest BCUT2D eigenvalue weighted by Gasteiger charge is 2.27. The molecule has 0 aliphatic carbocycles. The minimum absolute atomic E-state index is 0.376. The van der Waals surface area contributed by atoms with Crippen LogP contribution in [-0.2, 0) is 10.2 Å². The molecule has 0 atom stereocenters. The molecule has 0 fully saturated rings. The van der Waals surface area contributed by atoms with Crippen LogP contribution in [0, 0.1) is 0 Å². The van der Waals surface area contributed by atoms with Crippen molar-refractivity contribution in [3.63, 3.8) is 0 Å². The van der Waals surface area contributed by atoms with Crippen LogP contribution >= 0.6 is 0 Å². The summed E-state index contributed by atoms with van der Waals surface area (Å²) in [7, 11) is 0. The van der Waals surface area contributed by atoms with Gasteiger partial charge in [0.25, 0.3) is 0 Å². The van der Waals surface area contributed by atoms with Crippen LogP contribution in [0.3, 0.4) is 0 Å². The van der Waals surface area contributed by atoms with Crippen molar-refractivity contribution in [2.24, 2.45) is 0 Å². The Morgan fingerprint density at radius 3 is 2.47 bits per heavy atom. The average Bonchev–Trinajstić information content (AvgIpc) is 2.65. The van der Waals surface area contributed by atoms with Crippen molar-refractivity contribution in [2.75, 3.05) is 6.54 Å². The van der Waals surface area contributed by atoms with Crippen molar-refractivity contribution in [1.29, 1.82) is 0 Å². The second kappa shape index (κ2) is 4.68. The van der Waals surface area contributed by atoms with Crippen LogP contribution in [0.2, 0.25) is 0 Å². The second-order valence-electron chi connectivity index (χ2n) is 5.47. The fraction of sp³-hybridized carbons (Fsp3) is 0.800. The van der Waals surface area contributed by atoms with E-state index >= 15 is 0 Å². The summed E-state index contributed by atoms with van der Waals surface area (Å²) in [5, 5.41) is 16.4. The lowest BCUT2D eigenvalue weighted by atomic mass is 9.93. The number of nitrogens with one attached hydrogen (secondary N) is 2. The molecule has 17 heavy (non-hydrogen) atoms. The van der Waals surface area contributed by atoms with E-state index in [-0.39, 0.29) is 0 Å². The van der Waals surface area contributed by atoms with E-state index in [9.17, 15) is 4.79 Å². The highest BCUT2D eigenvalue weighted by atomic mass is 16.6. The number of amides is 1. The Bertz CT molecular complexity index is 367. The molecule has 1 amide bonds. The number of tetrazole rings is 1. The number of alkyl carbamates (subject to hydrolysis) is 1. The van der Waals surface area contributed by atoms with Gasteiger partial charge in [-0.1, -0.05) is 19.1 Å². The first kappa shape index (κ1) is 13.4. The Morgan fingerprint density at radius 2 is 2.00 bits per heavy atom. The zero-order valence-corrected chi connectivity index (χ0v) is 10.9. The van der Waals surface area contributed by atoms with Crippen molar-refractivity contribution in [2.45, 2.75) is 45.6 Å². The molecule has 0 bridgehead atoms. The van der Waals surface area contributed by atoms with Crippen LogP contribution in [0.1, 0.15) is 40.4 Å². The van der Waals surface area contributed by atoms with Gasteiger partial charge in [-0.2, -0.15) is 5.21 Å². The summed E-state index contributed by atoms with van der Waals surface area (Å²) in [5.41, 5.74) is -0.899. The first-order valence-corrected chi connectivity index (χ1v) is 5.41. The summed E-state index contributed by atoms with van der Waals surface area (Å²) in [6.07, 6.45) is -0.450. The smallest absolute Gasteiger partial charge is 0.407 e. The largest absolute Gasteiger partial charge is 0.444 e. The lowest BCUT2D eigenvalue weighted by Crippen LogP contribution is -2.40. The summed E-state index contributed by atoms with van der Waals surface area (Å²) in [6, 6.07) is 0. The number of nitrogens with zero attached hydrogens (tertiary/aromatic N) is 3. The second-order valence-corrected chi connectivity index (χ2v) is 5.47. The van der Waals surface area contributed by atoms with E-state index in [2.05, 4.69) is 25.9 Å². The molecule has 0 saturated heterocycles. The fourth-order valence-corrected chi connectivity index (χ4v) is 1.13. The van der Waals surface area contributed by atoms with Gasteiger partial charge >= 0.3 is 6.09 Å². The molecule has 1 aromatic heterocycles. The molecule has 7 nitrogen and oxygen atoms in total. The quantitative estimate of drug-likeness (QED) is 0.823. The Labute approximate surface area is 100 Å². The summed E-state index contributed by atoms with van der Waals surface area (Å²) < 4.78 is 5.14. The first-order valence-electron chi connectivity index (χ1n) is 5.41. The molecule has 96 valence electrons. The number of aromatic nitrogens is 4. The predicted molar refractivity (Wildman–Crippen MR) is 61.4 cm³/mol. The Morgan fingerprint density at radius 1 is 1.35 bits per heavy atom. The summed E-state index contributed by atoms with van der Waals surface area (Å²) >= 11 is 0. The molecule has 1 rings (SSSR count). The lowest BCUT2D eigenvalue weighted by Gasteiger charge is -2.23. The van der Waals surface area contributed by atoms with Crippen molar-refractivity contribution < 1.29 is 9.53 Å². The first-order chi connectivity index (χ1) is 7.71. The molecule has 0 unspecified atom stereocenters. The maximum absolute atomic E-state index is 11.5. The third-order valence-electron chi connectivity index (χ3n) is 2.02. The van der Waals surface area contributed by atoms with Crippen LogP contribution in [0.4, 0.5) is 4.79 Å². The Kier molecular flexibility index (Phi) is 3.69. The Hall–Kier alpha value is -1.66. The molecule has 0 aliphatic heterocycles. The highest BCUT2D eigenvalue weighted by molar-refractivity contribution is 5.67. The normalized spacial score (nSPS) is 12.3. The molecular weight excluding hydrogens is 222 g/mol. The SMILES string of the molecule is CC(C)(C)OC(=O)NCC(C)(C)c1nn[nH]n1. The minimum atomic E-state index is -0.500. The fourth-order valence-electron chi connectivity index (χ4n) is 1.13. The maximum atomic E-state index is 11.5. The van der Waals surface area contributed by atoms with Gasteiger partial charge in [0, 0.05) is 12.0 Å². The van der Waals surface area contributed by atoms with E-state index in [0.717, 1.165) is 0 Å². The van der Waals surface area contributed by atoms with Gasteiger partial charge < -0.3 is 10.1 Å². The minimum Gasteiger partial charge on any atom is -0.444 e. The van der Waals surface area contributed by atoms with Crippen molar-refractivity contribution >= 4 is 6.09 Å². The van der Waals surface area contributed by atoms with Gasteiger partial charge in [-0.05, 0) is 20.8 Å². The third kappa shape index (κ3) is 4.38. The van der Waals surface area contributed by atoms with E-state index in [1.165, 1.54) is 0 Å². The van der Waals surface area contributed by atoms with Gasteiger partial charge in [-0.25, -0.2) is 4.79 Å². The molecule has 7 heteroatoms. The van der Waals surface area contributed by atoms with Crippen molar-refractivity contribution in [3.05, 3.63) is 5.82 Å². The number of carbonyl (C=O) groups excluding carboxylic acids is 1. The van der Waals surface area contributed by atoms with Gasteiger partial charge in [-0.15, -0.1) is 10.2 Å². The lowest BCUT2D eigenvalue weighted by molar-refractivity contribution is 0.0516. The van der Waals surface area contributed by atoms with Crippen LogP contribution < -0.4 is 5.32 Å².